The Bertz CT molecular complexity index is 575. The van der Waals surface area contributed by atoms with Crippen molar-refractivity contribution < 1.29 is 0 Å². The van der Waals surface area contributed by atoms with Crippen LogP contribution in [0.15, 0.2) is 24.3 Å². The standard InChI is InChI=1S/C17H23ClN2S/c18-17-14-7-2-3-8-15(14)21-16(17)13-19-9-6-12-20-10-4-1-5-11-20/h2-3,7-8,19H,1,4-6,9-13H2. The second-order valence-corrected chi connectivity index (χ2v) is 7.28. The van der Waals surface area contributed by atoms with Gasteiger partial charge < -0.3 is 10.2 Å². The molecular weight excluding hydrogens is 300 g/mol. The van der Waals surface area contributed by atoms with Gasteiger partial charge in [-0.1, -0.05) is 36.2 Å². The van der Waals surface area contributed by atoms with Crippen molar-refractivity contribution in [3.8, 4) is 0 Å². The number of piperidine rings is 1. The Morgan fingerprint density at radius 1 is 1.14 bits per heavy atom. The zero-order valence-electron chi connectivity index (χ0n) is 12.4. The van der Waals surface area contributed by atoms with E-state index in [0.29, 0.717) is 0 Å². The molecule has 21 heavy (non-hydrogen) atoms. The Balaban J connectivity index is 1.43. The highest BCUT2D eigenvalue weighted by molar-refractivity contribution is 7.19. The maximum Gasteiger partial charge on any atom is 0.0636 e. The van der Waals surface area contributed by atoms with Crippen molar-refractivity contribution in [3.05, 3.63) is 34.2 Å². The van der Waals surface area contributed by atoms with Gasteiger partial charge in [-0.15, -0.1) is 11.3 Å². The molecule has 1 fully saturated rings. The van der Waals surface area contributed by atoms with Gasteiger partial charge in [-0.2, -0.15) is 0 Å². The fourth-order valence-corrected chi connectivity index (χ4v) is 4.46. The molecule has 3 rings (SSSR count). The van der Waals surface area contributed by atoms with Crippen LogP contribution in [0.25, 0.3) is 10.1 Å². The highest BCUT2D eigenvalue weighted by atomic mass is 35.5. The number of hydrogen-bond donors (Lipinski definition) is 1. The third-order valence-corrected chi connectivity index (χ3v) is 5.88. The van der Waals surface area contributed by atoms with Crippen LogP contribution in [0.1, 0.15) is 30.6 Å². The van der Waals surface area contributed by atoms with Crippen LogP contribution in [0.4, 0.5) is 0 Å². The summed E-state index contributed by atoms with van der Waals surface area (Å²) in [5.74, 6) is 0. The molecular formula is C17H23ClN2S. The minimum absolute atomic E-state index is 0.887. The van der Waals surface area contributed by atoms with Crippen LogP contribution in [-0.4, -0.2) is 31.1 Å². The number of benzene rings is 1. The van der Waals surface area contributed by atoms with Crippen molar-refractivity contribution in [1.29, 1.82) is 0 Å². The fraction of sp³-hybridized carbons (Fsp3) is 0.529. The van der Waals surface area contributed by atoms with Gasteiger partial charge >= 0.3 is 0 Å². The largest absolute Gasteiger partial charge is 0.312 e. The minimum Gasteiger partial charge on any atom is -0.312 e. The second kappa shape index (κ2) is 7.59. The quantitative estimate of drug-likeness (QED) is 0.787. The van der Waals surface area contributed by atoms with Gasteiger partial charge in [0.25, 0.3) is 0 Å². The molecule has 0 bridgehead atoms. The van der Waals surface area contributed by atoms with Crippen LogP contribution in [-0.2, 0) is 6.54 Å². The molecule has 0 saturated carbocycles. The van der Waals surface area contributed by atoms with Crippen LogP contribution >= 0.6 is 22.9 Å². The molecule has 0 unspecified atom stereocenters. The van der Waals surface area contributed by atoms with Crippen molar-refractivity contribution in [1.82, 2.24) is 10.2 Å². The van der Waals surface area contributed by atoms with Crippen molar-refractivity contribution in [3.63, 3.8) is 0 Å². The van der Waals surface area contributed by atoms with Crippen LogP contribution in [0.3, 0.4) is 0 Å². The van der Waals surface area contributed by atoms with E-state index in [4.69, 9.17) is 11.6 Å². The number of nitrogens with zero attached hydrogens (tertiary/aromatic N) is 1. The molecule has 2 aromatic rings. The molecule has 2 heterocycles. The van der Waals surface area contributed by atoms with Gasteiger partial charge in [-0.3, -0.25) is 0 Å². The zero-order chi connectivity index (χ0) is 14.5. The van der Waals surface area contributed by atoms with E-state index in [1.807, 2.05) is 0 Å². The minimum atomic E-state index is 0.887. The van der Waals surface area contributed by atoms with Crippen molar-refractivity contribution in [2.45, 2.75) is 32.2 Å². The summed E-state index contributed by atoms with van der Waals surface area (Å²) in [6, 6.07) is 8.38. The van der Waals surface area contributed by atoms with Gasteiger partial charge in [0.15, 0.2) is 0 Å². The lowest BCUT2D eigenvalue weighted by atomic mass is 10.1. The molecule has 1 aromatic carbocycles. The van der Waals surface area contributed by atoms with Gasteiger partial charge in [0.2, 0.25) is 0 Å². The molecule has 1 N–H and O–H groups in total. The maximum atomic E-state index is 6.45. The first-order valence-corrected chi connectivity index (χ1v) is 9.13. The topological polar surface area (TPSA) is 15.3 Å². The van der Waals surface area contributed by atoms with E-state index in [2.05, 4.69) is 34.5 Å². The van der Waals surface area contributed by atoms with Gasteiger partial charge in [0, 0.05) is 21.5 Å². The first-order valence-electron chi connectivity index (χ1n) is 7.93. The first-order chi connectivity index (χ1) is 10.3. The summed E-state index contributed by atoms with van der Waals surface area (Å²) < 4.78 is 1.28. The molecule has 4 heteroatoms. The summed E-state index contributed by atoms with van der Waals surface area (Å²) in [6.07, 6.45) is 5.40. The first kappa shape index (κ1) is 15.3. The number of hydrogen-bond acceptors (Lipinski definition) is 3. The van der Waals surface area contributed by atoms with Gasteiger partial charge in [-0.25, -0.2) is 0 Å². The van der Waals surface area contributed by atoms with Crippen LogP contribution in [0.5, 0.6) is 0 Å². The van der Waals surface area contributed by atoms with E-state index in [9.17, 15) is 0 Å². The highest BCUT2D eigenvalue weighted by Gasteiger charge is 2.10. The highest BCUT2D eigenvalue weighted by Crippen LogP contribution is 2.34. The van der Waals surface area contributed by atoms with Crippen molar-refractivity contribution >= 4 is 33.0 Å². The molecule has 1 aliphatic rings. The van der Waals surface area contributed by atoms with E-state index < -0.39 is 0 Å². The zero-order valence-corrected chi connectivity index (χ0v) is 14.0. The lowest BCUT2D eigenvalue weighted by Crippen LogP contribution is -2.32. The predicted molar refractivity (Wildman–Crippen MR) is 93.4 cm³/mol. The van der Waals surface area contributed by atoms with Crippen molar-refractivity contribution in [2.75, 3.05) is 26.2 Å². The molecule has 2 nitrogen and oxygen atoms in total. The Hall–Kier alpha value is -0.610. The van der Waals surface area contributed by atoms with Gasteiger partial charge in [-0.05, 0) is 51.5 Å². The van der Waals surface area contributed by atoms with Crippen LogP contribution in [0.2, 0.25) is 5.02 Å². The smallest absolute Gasteiger partial charge is 0.0636 e. The normalized spacial score (nSPS) is 16.6. The van der Waals surface area contributed by atoms with Crippen LogP contribution in [0, 0.1) is 0 Å². The molecule has 0 radical (unpaired) electrons. The molecule has 1 aromatic heterocycles. The van der Waals surface area contributed by atoms with Crippen molar-refractivity contribution in [2.24, 2.45) is 0 Å². The average Bonchev–Trinajstić information content (AvgIpc) is 2.85. The number of likely N-dealkylation sites (tertiary alicyclic amines) is 1. The third-order valence-electron chi connectivity index (χ3n) is 4.16. The monoisotopic (exact) mass is 322 g/mol. The molecule has 0 aliphatic carbocycles. The SMILES string of the molecule is Clc1c(CNCCCN2CCCCC2)sc2ccccc12. The van der Waals surface area contributed by atoms with E-state index >= 15 is 0 Å². The average molecular weight is 323 g/mol. The summed E-state index contributed by atoms with van der Waals surface area (Å²) in [7, 11) is 0. The Kier molecular flexibility index (Phi) is 5.53. The van der Waals surface area contributed by atoms with Gasteiger partial charge in [0.05, 0.1) is 5.02 Å². The van der Waals surface area contributed by atoms with Crippen LogP contribution < -0.4 is 5.32 Å². The number of fused-ring (bicyclic) bond motifs is 1. The van der Waals surface area contributed by atoms with E-state index in [0.717, 1.165) is 18.1 Å². The number of nitrogens with one attached hydrogen (secondary N) is 1. The summed E-state index contributed by atoms with van der Waals surface area (Å²) in [4.78, 5) is 3.85. The molecule has 0 atom stereocenters. The second-order valence-electron chi connectivity index (χ2n) is 5.77. The predicted octanol–water partition coefficient (Wildman–Crippen LogP) is 4.52. The van der Waals surface area contributed by atoms with E-state index in [1.165, 1.54) is 60.3 Å². The number of halogens is 1. The van der Waals surface area contributed by atoms with E-state index in [1.54, 1.807) is 11.3 Å². The Morgan fingerprint density at radius 3 is 2.76 bits per heavy atom. The maximum absolute atomic E-state index is 6.45. The Labute approximate surface area is 136 Å². The lowest BCUT2D eigenvalue weighted by molar-refractivity contribution is 0.226. The summed E-state index contributed by atoms with van der Waals surface area (Å²) in [5, 5.41) is 5.66. The molecule has 1 aliphatic heterocycles. The third kappa shape index (κ3) is 3.98. The fourth-order valence-electron chi connectivity index (χ4n) is 2.99. The molecule has 0 amide bonds. The summed E-state index contributed by atoms with van der Waals surface area (Å²) in [5.41, 5.74) is 0. The summed E-state index contributed by atoms with van der Waals surface area (Å²) >= 11 is 8.26. The molecule has 1 saturated heterocycles. The molecule has 114 valence electrons. The lowest BCUT2D eigenvalue weighted by Gasteiger charge is -2.26. The summed E-state index contributed by atoms with van der Waals surface area (Å²) in [6.45, 7) is 5.77. The van der Waals surface area contributed by atoms with E-state index in [-0.39, 0.29) is 0 Å². The number of rotatable bonds is 6. The molecule has 0 spiro atoms. The Morgan fingerprint density at radius 2 is 1.95 bits per heavy atom. The number of thiophene rings is 1. The van der Waals surface area contributed by atoms with Gasteiger partial charge in [0.1, 0.15) is 0 Å².